The lowest BCUT2D eigenvalue weighted by Gasteiger charge is -2.43. The zero-order valence-electron chi connectivity index (χ0n) is 7.27. The lowest BCUT2D eigenvalue weighted by molar-refractivity contribution is -0.122. The van der Waals surface area contributed by atoms with Crippen molar-refractivity contribution in [2.75, 3.05) is 5.73 Å². The quantitative estimate of drug-likeness (QED) is 0.702. The smallest absolute Gasteiger partial charge is 0.250 e. The van der Waals surface area contributed by atoms with Gasteiger partial charge in [-0.05, 0) is 0 Å². The number of halogens is 2. The van der Waals surface area contributed by atoms with E-state index < -0.39 is 11.3 Å². The number of aromatic amines is 1. The van der Waals surface area contributed by atoms with Crippen LogP contribution in [-0.2, 0) is 5.41 Å². The van der Waals surface area contributed by atoms with Gasteiger partial charge >= 0.3 is 0 Å². The van der Waals surface area contributed by atoms with Gasteiger partial charge in [0.1, 0.15) is 5.82 Å². The van der Waals surface area contributed by atoms with Crippen LogP contribution in [0.4, 0.5) is 14.6 Å². The molecule has 1 fully saturated rings. The topological polar surface area (TPSA) is 54.7 Å². The molecule has 1 aromatic heterocycles. The van der Waals surface area contributed by atoms with Gasteiger partial charge in [-0.1, -0.05) is 6.92 Å². The van der Waals surface area contributed by atoms with Crippen molar-refractivity contribution >= 4 is 5.82 Å². The minimum Gasteiger partial charge on any atom is -0.382 e. The van der Waals surface area contributed by atoms with E-state index in [1.165, 1.54) is 0 Å². The SMILES string of the molecule is CC1(c2cc(N)n[nH]2)CC(F)(F)C1. The molecule has 1 aromatic rings. The molecule has 1 aliphatic rings. The molecule has 0 aliphatic heterocycles. The van der Waals surface area contributed by atoms with Crippen LogP contribution in [0.15, 0.2) is 6.07 Å². The number of aromatic nitrogens is 2. The first-order chi connectivity index (χ1) is 5.91. The molecule has 2 rings (SSSR count). The van der Waals surface area contributed by atoms with Crippen LogP contribution in [0.2, 0.25) is 0 Å². The van der Waals surface area contributed by atoms with E-state index in [-0.39, 0.29) is 12.8 Å². The maximum absolute atomic E-state index is 12.7. The van der Waals surface area contributed by atoms with Crippen molar-refractivity contribution in [3.8, 4) is 0 Å². The van der Waals surface area contributed by atoms with E-state index in [1.54, 1.807) is 13.0 Å². The second-order valence-corrected chi connectivity index (χ2v) is 3.98. The Morgan fingerprint density at radius 1 is 1.54 bits per heavy atom. The molecule has 1 aliphatic carbocycles. The number of nitrogens with one attached hydrogen (secondary N) is 1. The number of nitrogens with zero attached hydrogens (tertiary/aromatic N) is 1. The molecule has 0 radical (unpaired) electrons. The summed E-state index contributed by atoms with van der Waals surface area (Å²) in [5, 5.41) is 6.40. The number of H-pyrrole nitrogens is 1. The minimum absolute atomic E-state index is 0.123. The Morgan fingerprint density at radius 2 is 2.15 bits per heavy atom. The maximum Gasteiger partial charge on any atom is 0.250 e. The molecule has 5 heteroatoms. The average molecular weight is 187 g/mol. The van der Waals surface area contributed by atoms with Crippen LogP contribution < -0.4 is 5.73 Å². The van der Waals surface area contributed by atoms with Crippen molar-refractivity contribution in [3.63, 3.8) is 0 Å². The maximum atomic E-state index is 12.7. The van der Waals surface area contributed by atoms with Crippen molar-refractivity contribution < 1.29 is 8.78 Å². The van der Waals surface area contributed by atoms with Crippen molar-refractivity contribution in [2.24, 2.45) is 0 Å². The Balaban J connectivity index is 2.20. The summed E-state index contributed by atoms with van der Waals surface area (Å²) in [6, 6.07) is 1.62. The minimum atomic E-state index is -2.52. The third kappa shape index (κ3) is 1.28. The highest BCUT2D eigenvalue weighted by Gasteiger charge is 2.55. The van der Waals surface area contributed by atoms with Crippen LogP contribution in [-0.4, -0.2) is 16.1 Å². The molecule has 13 heavy (non-hydrogen) atoms. The van der Waals surface area contributed by atoms with E-state index in [1.807, 2.05) is 0 Å². The first-order valence-electron chi connectivity index (χ1n) is 4.11. The summed E-state index contributed by atoms with van der Waals surface area (Å²) in [6.45, 7) is 1.79. The highest BCUT2D eigenvalue weighted by molar-refractivity contribution is 5.34. The molecule has 0 amide bonds. The van der Waals surface area contributed by atoms with E-state index in [0.29, 0.717) is 11.5 Å². The number of rotatable bonds is 1. The second kappa shape index (κ2) is 2.21. The molecule has 3 N–H and O–H groups in total. The molecule has 0 saturated heterocycles. The van der Waals surface area contributed by atoms with Crippen molar-refractivity contribution in [1.82, 2.24) is 10.2 Å². The van der Waals surface area contributed by atoms with Gasteiger partial charge in [0.2, 0.25) is 5.92 Å². The summed E-state index contributed by atoms with van der Waals surface area (Å²) in [6.07, 6.45) is -0.247. The zero-order valence-corrected chi connectivity index (χ0v) is 7.27. The van der Waals surface area contributed by atoms with Crippen LogP contribution in [0.3, 0.4) is 0 Å². The molecule has 3 nitrogen and oxygen atoms in total. The third-order valence-corrected chi connectivity index (χ3v) is 2.55. The van der Waals surface area contributed by atoms with Gasteiger partial charge in [-0.15, -0.1) is 0 Å². The summed E-state index contributed by atoms with van der Waals surface area (Å²) >= 11 is 0. The summed E-state index contributed by atoms with van der Waals surface area (Å²) in [4.78, 5) is 0. The number of nitrogens with two attached hydrogens (primary N) is 1. The Kier molecular flexibility index (Phi) is 1.44. The molecule has 0 aromatic carbocycles. The summed E-state index contributed by atoms with van der Waals surface area (Å²) in [5.41, 5.74) is 5.62. The molecule has 1 heterocycles. The van der Waals surface area contributed by atoms with Crippen LogP contribution in [0, 0.1) is 0 Å². The van der Waals surface area contributed by atoms with Crippen LogP contribution in [0.25, 0.3) is 0 Å². The van der Waals surface area contributed by atoms with Crippen LogP contribution in [0.5, 0.6) is 0 Å². The fourth-order valence-electron chi connectivity index (χ4n) is 1.93. The summed E-state index contributed by atoms with van der Waals surface area (Å²) in [5.74, 6) is -2.17. The van der Waals surface area contributed by atoms with Gasteiger partial charge in [-0.2, -0.15) is 5.10 Å². The number of hydrogen-bond donors (Lipinski definition) is 2. The first-order valence-corrected chi connectivity index (χ1v) is 4.11. The summed E-state index contributed by atoms with van der Waals surface area (Å²) in [7, 11) is 0. The highest BCUT2D eigenvalue weighted by atomic mass is 19.3. The number of anilines is 1. The Labute approximate surface area is 74.3 Å². The average Bonchev–Trinajstić information content (AvgIpc) is 2.31. The Morgan fingerprint density at radius 3 is 2.54 bits per heavy atom. The standard InChI is InChI=1S/C8H11F2N3/c1-7(3-8(9,10)4-7)5-2-6(11)13-12-5/h2H,3-4H2,1H3,(H3,11,12,13). The first kappa shape index (κ1) is 8.47. The lowest BCUT2D eigenvalue weighted by Crippen LogP contribution is -2.47. The van der Waals surface area contributed by atoms with Crippen LogP contribution in [0.1, 0.15) is 25.5 Å². The van der Waals surface area contributed by atoms with E-state index in [9.17, 15) is 8.78 Å². The van der Waals surface area contributed by atoms with Gasteiger partial charge in [-0.3, -0.25) is 5.10 Å². The van der Waals surface area contributed by atoms with E-state index in [4.69, 9.17) is 5.73 Å². The molecule has 0 atom stereocenters. The van der Waals surface area contributed by atoms with E-state index in [0.717, 1.165) is 0 Å². The molecular weight excluding hydrogens is 176 g/mol. The molecule has 0 spiro atoms. The second-order valence-electron chi connectivity index (χ2n) is 3.98. The molecular formula is C8H11F2N3. The Hall–Kier alpha value is -1.13. The number of alkyl halides is 2. The predicted octanol–water partition coefficient (Wildman–Crippen LogP) is 1.68. The lowest BCUT2D eigenvalue weighted by atomic mass is 9.65. The van der Waals surface area contributed by atoms with Gasteiger partial charge in [0.05, 0.1) is 0 Å². The third-order valence-electron chi connectivity index (χ3n) is 2.55. The molecule has 0 unspecified atom stereocenters. The van der Waals surface area contributed by atoms with Crippen molar-refractivity contribution in [1.29, 1.82) is 0 Å². The normalized spacial score (nSPS) is 23.9. The van der Waals surface area contributed by atoms with Crippen molar-refractivity contribution in [2.45, 2.75) is 31.1 Å². The zero-order chi connectivity index (χ0) is 9.69. The Bertz CT molecular complexity index is 324. The molecule has 1 saturated carbocycles. The number of hydrogen-bond acceptors (Lipinski definition) is 2. The predicted molar refractivity (Wildman–Crippen MR) is 44.5 cm³/mol. The fourth-order valence-corrected chi connectivity index (χ4v) is 1.93. The largest absolute Gasteiger partial charge is 0.382 e. The van der Waals surface area contributed by atoms with Gasteiger partial charge < -0.3 is 5.73 Å². The fraction of sp³-hybridized carbons (Fsp3) is 0.625. The van der Waals surface area contributed by atoms with Gasteiger partial charge in [-0.25, -0.2) is 8.78 Å². The molecule has 72 valence electrons. The van der Waals surface area contributed by atoms with Gasteiger partial charge in [0.15, 0.2) is 0 Å². The van der Waals surface area contributed by atoms with Gasteiger partial charge in [0, 0.05) is 30.0 Å². The molecule has 0 bridgehead atoms. The van der Waals surface area contributed by atoms with E-state index >= 15 is 0 Å². The number of nitrogen functional groups attached to an aromatic ring is 1. The highest BCUT2D eigenvalue weighted by Crippen LogP contribution is 2.52. The van der Waals surface area contributed by atoms with Gasteiger partial charge in [0.25, 0.3) is 0 Å². The monoisotopic (exact) mass is 187 g/mol. The van der Waals surface area contributed by atoms with Crippen molar-refractivity contribution in [3.05, 3.63) is 11.8 Å². The van der Waals surface area contributed by atoms with Crippen LogP contribution >= 0.6 is 0 Å². The van der Waals surface area contributed by atoms with E-state index in [2.05, 4.69) is 10.2 Å². The summed E-state index contributed by atoms with van der Waals surface area (Å²) < 4.78 is 25.3.